The Balaban J connectivity index is 2.35. The molecule has 1 fully saturated rings. The number of nitrogens with zero attached hydrogens (tertiary/aromatic N) is 1. The van der Waals surface area contributed by atoms with E-state index in [1.54, 1.807) is 4.90 Å². The Kier molecular flexibility index (Phi) is 15.6. The molecule has 1 atom stereocenters. The summed E-state index contributed by atoms with van der Waals surface area (Å²) in [7, 11) is 0. The first kappa shape index (κ1) is 25.7. The van der Waals surface area contributed by atoms with Crippen molar-refractivity contribution in [3.63, 3.8) is 0 Å². The van der Waals surface area contributed by atoms with Gasteiger partial charge in [0.2, 0.25) is 0 Å². The lowest BCUT2D eigenvalue weighted by Crippen LogP contribution is -2.48. The zero-order valence-corrected chi connectivity index (χ0v) is 18.7. The molecule has 0 heterocycles. The Morgan fingerprint density at radius 3 is 2.07 bits per heavy atom. The number of aliphatic hydroxyl groups is 1. The summed E-state index contributed by atoms with van der Waals surface area (Å²) >= 11 is 0. The third-order valence-electron chi connectivity index (χ3n) is 5.90. The monoisotopic (exact) mass is 407 g/mol. The van der Waals surface area contributed by atoms with Crippen LogP contribution in [0.15, 0.2) is 25.3 Å². The largest absolute Gasteiger partial charge is 0.449 e. The Morgan fingerprint density at radius 1 is 0.897 bits per heavy atom. The topological polar surface area (TPSA) is 49.8 Å². The molecule has 0 aromatic carbocycles. The van der Waals surface area contributed by atoms with Gasteiger partial charge in [-0.1, -0.05) is 63.5 Å². The lowest BCUT2D eigenvalue weighted by molar-refractivity contribution is -0.0357. The highest BCUT2D eigenvalue weighted by atomic mass is 16.6. The van der Waals surface area contributed by atoms with Crippen molar-refractivity contribution >= 4 is 6.09 Å². The normalized spacial score (nSPS) is 15.6. The van der Waals surface area contributed by atoms with Crippen LogP contribution in [0.25, 0.3) is 0 Å². The van der Waals surface area contributed by atoms with Gasteiger partial charge >= 0.3 is 6.09 Å². The second-order valence-corrected chi connectivity index (χ2v) is 8.42. The first-order valence-corrected chi connectivity index (χ1v) is 12.1. The summed E-state index contributed by atoms with van der Waals surface area (Å²) in [6.07, 6.45) is 21.0. The van der Waals surface area contributed by atoms with E-state index in [-0.39, 0.29) is 12.1 Å². The average molecular weight is 408 g/mol. The second-order valence-electron chi connectivity index (χ2n) is 8.42. The van der Waals surface area contributed by atoms with Crippen LogP contribution >= 0.6 is 0 Å². The van der Waals surface area contributed by atoms with Crippen molar-refractivity contribution in [2.75, 3.05) is 6.61 Å². The smallest absolute Gasteiger partial charge is 0.412 e. The van der Waals surface area contributed by atoms with Gasteiger partial charge in [0.1, 0.15) is 6.23 Å². The van der Waals surface area contributed by atoms with Gasteiger partial charge in [0, 0.05) is 6.04 Å². The summed E-state index contributed by atoms with van der Waals surface area (Å²) in [5, 5.41) is 10.8. The minimum absolute atomic E-state index is 0.130. The maximum Gasteiger partial charge on any atom is 0.412 e. The molecule has 0 saturated heterocycles. The Hall–Kier alpha value is -1.29. The molecule has 1 aliphatic carbocycles. The van der Waals surface area contributed by atoms with Gasteiger partial charge in [-0.15, -0.1) is 13.2 Å². The number of aliphatic hydroxyl groups excluding tert-OH is 1. The number of unbranched alkanes of at least 4 members (excludes halogenated alkanes) is 9. The van der Waals surface area contributed by atoms with Crippen molar-refractivity contribution in [2.45, 2.75) is 121 Å². The van der Waals surface area contributed by atoms with Gasteiger partial charge in [-0.25, -0.2) is 4.79 Å². The average Bonchev–Trinajstić information content (AvgIpc) is 2.73. The van der Waals surface area contributed by atoms with E-state index in [2.05, 4.69) is 13.2 Å². The minimum atomic E-state index is -0.719. The standard InChI is InChI=1S/C25H45NO3/c1-3-5-7-9-11-13-18-22-29-25(28)26(23-19-15-14-16-20-23)24(27)21-17-12-10-8-6-4-2/h3-4,23-24,27H,1-2,5-22H2. The van der Waals surface area contributed by atoms with E-state index in [1.807, 2.05) is 12.2 Å². The van der Waals surface area contributed by atoms with Crippen LogP contribution in [0.2, 0.25) is 0 Å². The zero-order chi connectivity index (χ0) is 21.2. The van der Waals surface area contributed by atoms with Crippen molar-refractivity contribution in [1.82, 2.24) is 4.90 Å². The lowest BCUT2D eigenvalue weighted by Gasteiger charge is -2.36. The lowest BCUT2D eigenvalue weighted by atomic mass is 9.94. The highest BCUT2D eigenvalue weighted by Crippen LogP contribution is 2.26. The van der Waals surface area contributed by atoms with Crippen LogP contribution in [-0.2, 0) is 4.74 Å². The molecule has 1 amide bonds. The van der Waals surface area contributed by atoms with Crippen LogP contribution in [0, 0.1) is 0 Å². The molecule has 0 radical (unpaired) electrons. The van der Waals surface area contributed by atoms with Crippen LogP contribution < -0.4 is 0 Å². The Labute approximate surface area is 179 Å². The number of amides is 1. The molecule has 0 spiro atoms. The number of rotatable bonds is 17. The van der Waals surface area contributed by atoms with Gasteiger partial charge in [-0.05, 0) is 57.8 Å². The van der Waals surface area contributed by atoms with Gasteiger partial charge in [-0.2, -0.15) is 0 Å². The molecule has 168 valence electrons. The molecular weight excluding hydrogens is 362 g/mol. The molecule has 1 rings (SSSR count). The van der Waals surface area contributed by atoms with E-state index in [0.29, 0.717) is 13.0 Å². The Bertz CT molecular complexity index is 432. The van der Waals surface area contributed by atoms with Gasteiger partial charge in [-0.3, -0.25) is 4.90 Å². The minimum Gasteiger partial charge on any atom is -0.449 e. The van der Waals surface area contributed by atoms with Crippen LogP contribution in [0.5, 0.6) is 0 Å². The number of hydrogen-bond acceptors (Lipinski definition) is 3. The third-order valence-corrected chi connectivity index (χ3v) is 5.90. The first-order valence-electron chi connectivity index (χ1n) is 12.1. The SMILES string of the molecule is C=CCCCCCCCOC(=O)N(C(O)CCCCCCC=C)C1CCCCC1. The third kappa shape index (κ3) is 12.1. The van der Waals surface area contributed by atoms with Crippen molar-refractivity contribution in [1.29, 1.82) is 0 Å². The van der Waals surface area contributed by atoms with E-state index in [0.717, 1.165) is 77.0 Å². The van der Waals surface area contributed by atoms with Gasteiger partial charge < -0.3 is 9.84 Å². The van der Waals surface area contributed by atoms with E-state index in [4.69, 9.17) is 4.74 Å². The molecule has 4 nitrogen and oxygen atoms in total. The fourth-order valence-electron chi connectivity index (χ4n) is 4.14. The highest BCUT2D eigenvalue weighted by Gasteiger charge is 2.31. The summed E-state index contributed by atoms with van der Waals surface area (Å²) in [4.78, 5) is 14.4. The van der Waals surface area contributed by atoms with E-state index in [9.17, 15) is 9.90 Å². The highest BCUT2D eigenvalue weighted by molar-refractivity contribution is 5.68. The fraction of sp³-hybridized carbons (Fsp3) is 0.800. The van der Waals surface area contributed by atoms with Crippen LogP contribution in [0.1, 0.15) is 109 Å². The summed E-state index contributed by atoms with van der Waals surface area (Å²) in [5.41, 5.74) is 0. The van der Waals surface area contributed by atoms with E-state index in [1.165, 1.54) is 25.7 Å². The first-order chi connectivity index (χ1) is 14.2. The molecule has 0 aromatic heterocycles. The molecular formula is C25H45NO3. The zero-order valence-electron chi connectivity index (χ0n) is 18.7. The summed E-state index contributed by atoms with van der Waals surface area (Å²) in [6.45, 7) is 7.95. The molecule has 4 heteroatoms. The van der Waals surface area contributed by atoms with Crippen molar-refractivity contribution in [3.8, 4) is 0 Å². The van der Waals surface area contributed by atoms with Crippen LogP contribution in [-0.4, -0.2) is 35.0 Å². The maximum absolute atomic E-state index is 12.8. The van der Waals surface area contributed by atoms with Crippen molar-refractivity contribution in [3.05, 3.63) is 25.3 Å². The fourth-order valence-corrected chi connectivity index (χ4v) is 4.14. The molecule has 1 N–H and O–H groups in total. The van der Waals surface area contributed by atoms with Crippen LogP contribution in [0.3, 0.4) is 0 Å². The molecule has 0 aromatic rings. The van der Waals surface area contributed by atoms with Crippen molar-refractivity contribution in [2.24, 2.45) is 0 Å². The van der Waals surface area contributed by atoms with Gasteiger partial charge in [0.25, 0.3) is 0 Å². The summed E-state index contributed by atoms with van der Waals surface area (Å²) in [6, 6.07) is 0.130. The molecule has 0 aliphatic heterocycles. The maximum atomic E-state index is 12.8. The van der Waals surface area contributed by atoms with Crippen molar-refractivity contribution < 1.29 is 14.6 Å². The molecule has 1 aliphatic rings. The second kappa shape index (κ2) is 17.6. The number of carbonyl (C=O) groups is 1. The molecule has 1 saturated carbocycles. The quantitative estimate of drug-likeness (QED) is 0.158. The number of allylic oxidation sites excluding steroid dienone is 2. The van der Waals surface area contributed by atoms with Gasteiger partial charge in [0.05, 0.1) is 6.61 Å². The summed E-state index contributed by atoms with van der Waals surface area (Å²) in [5.74, 6) is 0. The molecule has 1 unspecified atom stereocenters. The molecule has 29 heavy (non-hydrogen) atoms. The number of hydrogen-bond donors (Lipinski definition) is 1. The van der Waals surface area contributed by atoms with Crippen LogP contribution in [0.4, 0.5) is 4.79 Å². The van der Waals surface area contributed by atoms with Gasteiger partial charge in [0.15, 0.2) is 0 Å². The predicted molar refractivity (Wildman–Crippen MR) is 122 cm³/mol. The summed E-state index contributed by atoms with van der Waals surface area (Å²) < 4.78 is 5.57. The Morgan fingerprint density at radius 2 is 1.45 bits per heavy atom. The predicted octanol–water partition coefficient (Wildman–Crippen LogP) is 7.13. The number of ether oxygens (including phenoxy) is 1. The number of carbonyl (C=O) groups excluding carboxylic acids is 1. The van der Waals surface area contributed by atoms with E-state index >= 15 is 0 Å². The van der Waals surface area contributed by atoms with E-state index < -0.39 is 6.23 Å². The molecule has 0 bridgehead atoms.